The van der Waals surface area contributed by atoms with Crippen LogP contribution in [0.3, 0.4) is 0 Å². The van der Waals surface area contributed by atoms with Gasteiger partial charge >= 0.3 is 0 Å². The Hall–Kier alpha value is 0.180. The third kappa shape index (κ3) is 1.97. The highest BCUT2D eigenvalue weighted by Gasteiger charge is 2.14. The zero-order valence-corrected chi connectivity index (χ0v) is 6.13. The molecule has 0 aromatic heterocycles. The van der Waals surface area contributed by atoms with Gasteiger partial charge in [-0.3, -0.25) is 0 Å². The maximum Gasteiger partial charge on any atom is 0.0645 e. The third-order valence-electron chi connectivity index (χ3n) is 1.19. The minimum absolute atomic E-state index is 0.157. The van der Waals surface area contributed by atoms with Gasteiger partial charge in [0.25, 0.3) is 0 Å². The predicted octanol–water partition coefficient (Wildman–Crippen LogP) is 1.32. The number of halogens is 1. The smallest absolute Gasteiger partial charge is 0.0645 e. The highest BCUT2D eigenvalue weighted by Crippen LogP contribution is 2.22. The number of rotatable bonds is 3. The second-order valence-electron chi connectivity index (χ2n) is 2.09. The summed E-state index contributed by atoms with van der Waals surface area (Å²) < 4.78 is 0. The van der Waals surface area contributed by atoms with Crippen molar-refractivity contribution in [1.82, 2.24) is 0 Å². The topological polar surface area (TPSA) is 20.2 Å². The van der Waals surface area contributed by atoms with Crippen LogP contribution in [0.5, 0.6) is 0 Å². The molecule has 0 amide bonds. The number of allylic oxidation sites excluding steroid dienone is 2. The van der Waals surface area contributed by atoms with Crippen LogP contribution in [0.2, 0.25) is 0 Å². The molecule has 0 radical (unpaired) electrons. The monoisotopic (exact) mass is 176 g/mol. The van der Waals surface area contributed by atoms with Crippen LogP contribution in [-0.2, 0) is 0 Å². The maximum atomic E-state index is 8.98. The summed E-state index contributed by atoms with van der Waals surface area (Å²) in [5.41, 5.74) is 0. The molecule has 1 aliphatic rings. The van der Waals surface area contributed by atoms with Crippen LogP contribution in [0, 0.1) is 5.92 Å². The first kappa shape index (κ1) is 6.30. The second-order valence-corrected chi connectivity index (χ2v) is 2.74. The minimum Gasteiger partial charge on any atom is -0.392 e. The van der Waals surface area contributed by atoms with Crippen LogP contribution in [0.15, 0.2) is 12.2 Å². The highest BCUT2D eigenvalue weighted by atomic mass is 79.9. The Morgan fingerprint density at radius 1 is 1.62 bits per heavy atom. The van der Waals surface area contributed by atoms with Gasteiger partial charge in [0.1, 0.15) is 0 Å². The maximum absolute atomic E-state index is 8.98. The lowest BCUT2D eigenvalue weighted by atomic mass is 10.2. The predicted molar refractivity (Wildman–Crippen MR) is 37.0 cm³/mol. The SMILES string of the molecule is OC(CBr)CC1C=C1. The largest absolute Gasteiger partial charge is 0.392 e. The van der Waals surface area contributed by atoms with Crippen LogP contribution in [0.4, 0.5) is 0 Å². The first-order chi connectivity index (χ1) is 3.83. The average molecular weight is 177 g/mol. The molecule has 1 rings (SSSR count). The molecule has 1 unspecified atom stereocenters. The van der Waals surface area contributed by atoms with Gasteiger partial charge in [0.2, 0.25) is 0 Å². The quantitative estimate of drug-likeness (QED) is 0.509. The summed E-state index contributed by atoms with van der Waals surface area (Å²) in [6, 6.07) is 0. The highest BCUT2D eigenvalue weighted by molar-refractivity contribution is 9.09. The molecule has 0 heterocycles. The second kappa shape index (κ2) is 2.65. The van der Waals surface area contributed by atoms with E-state index in [9.17, 15) is 0 Å². The van der Waals surface area contributed by atoms with Crippen molar-refractivity contribution < 1.29 is 5.11 Å². The van der Waals surface area contributed by atoms with Gasteiger partial charge in [0.15, 0.2) is 0 Å². The van der Waals surface area contributed by atoms with Crippen molar-refractivity contribution in [3.8, 4) is 0 Å². The lowest BCUT2D eigenvalue weighted by Gasteiger charge is -2.02. The number of alkyl halides is 1. The zero-order valence-electron chi connectivity index (χ0n) is 4.55. The van der Waals surface area contributed by atoms with Crippen molar-refractivity contribution in [1.29, 1.82) is 0 Å². The summed E-state index contributed by atoms with van der Waals surface area (Å²) in [4.78, 5) is 0. The molecular weight excluding hydrogens is 168 g/mol. The molecule has 0 saturated carbocycles. The van der Waals surface area contributed by atoms with Crippen LogP contribution >= 0.6 is 15.9 Å². The Balaban J connectivity index is 1.99. The molecule has 0 aliphatic heterocycles. The van der Waals surface area contributed by atoms with Gasteiger partial charge in [-0.1, -0.05) is 28.1 Å². The molecule has 46 valence electrons. The average Bonchev–Trinajstić information content (AvgIpc) is 2.50. The molecule has 8 heavy (non-hydrogen) atoms. The van der Waals surface area contributed by atoms with Crippen LogP contribution in [0.25, 0.3) is 0 Å². The first-order valence-corrected chi connectivity index (χ1v) is 3.87. The van der Waals surface area contributed by atoms with E-state index in [2.05, 4.69) is 28.1 Å². The molecule has 1 nitrogen and oxygen atoms in total. The van der Waals surface area contributed by atoms with E-state index in [1.165, 1.54) is 0 Å². The standard InChI is InChI=1S/C6H9BrO/c7-4-6(8)3-5-1-2-5/h1-2,5-6,8H,3-4H2. The fourth-order valence-electron chi connectivity index (χ4n) is 0.613. The molecule has 0 bridgehead atoms. The lowest BCUT2D eigenvalue weighted by molar-refractivity contribution is 0.186. The van der Waals surface area contributed by atoms with Gasteiger partial charge in [0.05, 0.1) is 6.10 Å². The van der Waals surface area contributed by atoms with Crippen LogP contribution in [-0.4, -0.2) is 16.5 Å². The summed E-state index contributed by atoms with van der Waals surface area (Å²) in [7, 11) is 0. The molecule has 0 aromatic carbocycles. The number of aliphatic hydroxyl groups is 1. The van der Waals surface area contributed by atoms with Crippen molar-refractivity contribution in [2.24, 2.45) is 5.92 Å². The number of aliphatic hydroxyl groups excluding tert-OH is 1. The molecule has 0 spiro atoms. The van der Waals surface area contributed by atoms with Gasteiger partial charge < -0.3 is 5.11 Å². The number of hydrogen-bond acceptors (Lipinski definition) is 1. The van der Waals surface area contributed by atoms with Gasteiger partial charge in [0, 0.05) is 5.33 Å². The van der Waals surface area contributed by atoms with E-state index in [0.717, 1.165) is 6.42 Å². The van der Waals surface area contributed by atoms with Gasteiger partial charge in [-0.2, -0.15) is 0 Å². The fraction of sp³-hybridized carbons (Fsp3) is 0.667. The van der Waals surface area contributed by atoms with Crippen molar-refractivity contribution in [2.75, 3.05) is 5.33 Å². The normalized spacial score (nSPS) is 21.2. The Bertz CT molecular complexity index is 94.7. The van der Waals surface area contributed by atoms with E-state index in [1.807, 2.05) is 0 Å². The van der Waals surface area contributed by atoms with E-state index in [0.29, 0.717) is 11.2 Å². The molecule has 1 aliphatic carbocycles. The molecule has 1 atom stereocenters. The summed E-state index contributed by atoms with van der Waals surface area (Å²) >= 11 is 3.19. The summed E-state index contributed by atoms with van der Waals surface area (Å²) in [6.07, 6.45) is 4.94. The van der Waals surface area contributed by atoms with Crippen molar-refractivity contribution >= 4 is 15.9 Å². The Morgan fingerprint density at radius 2 is 2.25 bits per heavy atom. The van der Waals surface area contributed by atoms with E-state index >= 15 is 0 Å². The van der Waals surface area contributed by atoms with E-state index in [1.54, 1.807) is 0 Å². The third-order valence-corrected chi connectivity index (χ3v) is 1.93. The lowest BCUT2D eigenvalue weighted by Crippen LogP contribution is -2.08. The van der Waals surface area contributed by atoms with Crippen LogP contribution < -0.4 is 0 Å². The molecule has 0 aromatic rings. The van der Waals surface area contributed by atoms with Crippen LogP contribution in [0.1, 0.15) is 6.42 Å². The molecule has 0 saturated heterocycles. The molecule has 1 N–H and O–H groups in total. The Morgan fingerprint density at radius 3 is 2.62 bits per heavy atom. The van der Waals surface area contributed by atoms with Crippen molar-refractivity contribution in [3.05, 3.63) is 12.2 Å². The van der Waals surface area contributed by atoms with Crippen molar-refractivity contribution in [3.63, 3.8) is 0 Å². The van der Waals surface area contributed by atoms with E-state index < -0.39 is 0 Å². The molecule has 0 fully saturated rings. The minimum atomic E-state index is -0.157. The molecular formula is C6H9BrO. The van der Waals surface area contributed by atoms with Gasteiger partial charge in [-0.15, -0.1) is 0 Å². The van der Waals surface area contributed by atoms with E-state index in [-0.39, 0.29) is 6.10 Å². The molecule has 2 heteroatoms. The summed E-state index contributed by atoms with van der Waals surface area (Å²) in [5, 5.41) is 9.68. The van der Waals surface area contributed by atoms with E-state index in [4.69, 9.17) is 5.11 Å². The zero-order chi connectivity index (χ0) is 5.98. The Labute approximate surface area is 57.5 Å². The number of hydrogen-bond donors (Lipinski definition) is 1. The van der Waals surface area contributed by atoms with Gasteiger partial charge in [-0.05, 0) is 12.3 Å². The summed E-state index contributed by atoms with van der Waals surface area (Å²) in [5.74, 6) is 0.600. The Kier molecular flexibility index (Phi) is 2.08. The summed E-state index contributed by atoms with van der Waals surface area (Å²) in [6.45, 7) is 0. The first-order valence-electron chi connectivity index (χ1n) is 2.75. The van der Waals surface area contributed by atoms with Gasteiger partial charge in [-0.25, -0.2) is 0 Å². The van der Waals surface area contributed by atoms with Crippen molar-refractivity contribution in [2.45, 2.75) is 12.5 Å². The fourth-order valence-corrected chi connectivity index (χ4v) is 0.877.